The Morgan fingerprint density at radius 1 is 1.25 bits per heavy atom. The molecule has 0 heterocycles. The van der Waals surface area contributed by atoms with Crippen LogP contribution < -0.4 is 20.1 Å². The van der Waals surface area contributed by atoms with E-state index in [2.05, 4.69) is 21.9 Å². The maximum atomic E-state index is 5.37. The first-order chi connectivity index (χ1) is 9.74. The predicted octanol–water partition coefficient (Wildman–Crippen LogP) is 1.73. The monoisotopic (exact) mass is 297 g/mol. The third-order valence-electron chi connectivity index (χ3n) is 2.76. The highest BCUT2D eigenvalue weighted by atomic mass is 32.2. The molecule has 0 aliphatic rings. The summed E-state index contributed by atoms with van der Waals surface area (Å²) in [6.45, 7) is 1.53. The van der Waals surface area contributed by atoms with Gasteiger partial charge in [0.1, 0.15) is 11.5 Å². The molecule has 0 aromatic heterocycles. The number of thioether (sulfide) groups is 1. The second-order valence-electron chi connectivity index (χ2n) is 4.02. The summed E-state index contributed by atoms with van der Waals surface area (Å²) in [4.78, 5) is 4.18. The van der Waals surface area contributed by atoms with Crippen molar-refractivity contribution in [2.24, 2.45) is 4.99 Å². The van der Waals surface area contributed by atoms with Crippen LogP contribution in [0.4, 0.5) is 0 Å². The molecule has 0 radical (unpaired) electrons. The van der Waals surface area contributed by atoms with Crippen molar-refractivity contribution in [3.05, 3.63) is 23.8 Å². The Morgan fingerprint density at radius 2 is 2.05 bits per heavy atom. The average Bonchev–Trinajstić information content (AvgIpc) is 2.50. The molecule has 0 amide bonds. The third-order valence-corrected chi connectivity index (χ3v) is 3.38. The van der Waals surface area contributed by atoms with Crippen LogP contribution in [0.25, 0.3) is 0 Å². The fraction of sp³-hybridized carbons (Fsp3) is 0.500. The van der Waals surface area contributed by atoms with Crippen molar-refractivity contribution in [3.63, 3.8) is 0 Å². The summed E-state index contributed by atoms with van der Waals surface area (Å²) in [5.41, 5.74) is 1.06. The van der Waals surface area contributed by atoms with Crippen molar-refractivity contribution in [1.29, 1.82) is 0 Å². The minimum atomic E-state index is 0.645. The lowest BCUT2D eigenvalue weighted by molar-refractivity contribution is 0.390. The zero-order valence-corrected chi connectivity index (χ0v) is 13.3. The fourth-order valence-electron chi connectivity index (χ4n) is 1.67. The quantitative estimate of drug-likeness (QED) is 0.456. The van der Waals surface area contributed by atoms with E-state index in [0.29, 0.717) is 6.54 Å². The first kappa shape index (κ1) is 16.5. The predicted molar refractivity (Wildman–Crippen MR) is 86.1 cm³/mol. The summed E-state index contributed by atoms with van der Waals surface area (Å²) in [6, 6.07) is 5.78. The minimum Gasteiger partial charge on any atom is -0.497 e. The number of nitrogens with one attached hydrogen (secondary N) is 2. The van der Waals surface area contributed by atoms with Crippen LogP contribution in [0.5, 0.6) is 11.5 Å². The average molecular weight is 297 g/mol. The molecule has 2 N–H and O–H groups in total. The van der Waals surface area contributed by atoms with E-state index in [0.717, 1.165) is 35.3 Å². The third kappa shape index (κ3) is 5.21. The highest BCUT2D eigenvalue weighted by Crippen LogP contribution is 2.24. The van der Waals surface area contributed by atoms with Crippen molar-refractivity contribution in [2.45, 2.75) is 6.54 Å². The second kappa shape index (κ2) is 9.36. The molecule has 1 aromatic rings. The molecule has 112 valence electrons. The van der Waals surface area contributed by atoms with Crippen LogP contribution in [0.15, 0.2) is 23.2 Å². The molecule has 0 saturated carbocycles. The van der Waals surface area contributed by atoms with Crippen LogP contribution in [0, 0.1) is 0 Å². The van der Waals surface area contributed by atoms with Crippen LogP contribution >= 0.6 is 11.8 Å². The van der Waals surface area contributed by atoms with Gasteiger partial charge in [-0.2, -0.15) is 11.8 Å². The maximum absolute atomic E-state index is 5.37. The highest BCUT2D eigenvalue weighted by Gasteiger charge is 2.05. The van der Waals surface area contributed by atoms with Crippen LogP contribution in [0.2, 0.25) is 0 Å². The summed E-state index contributed by atoms with van der Waals surface area (Å²) >= 11 is 1.80. The topological polar surface area (TPSA) is 54.9 Å². The number of guanidine groups is 1. The molecule has 0 bridgehead atoms. The maximum Gasteiger partial charge on any atom is 0.191 e. The largest absolute Gasteiger partial charge is 0.497 e. The number of ether oxygens (including phenoxy) is 2. The molecule has 1 aromatic carbocycles. The van der Waals surface area contributed by atoms with Crippen LogP contribution in [0.3, 0.4) is 0 Å². The normalized spacial score (nSPS) is 11.1. The first-order valence-electron chi connectivity index (χ1n) is 6.39. The molecule has 0 atom stereocenters. The molecule has 20 heavy (non-hydrogen) atoms. The Bertz CT molecular complexity index is 438. The van der Waals surface area contributed by atoms with Gasteiger partial charge in [0.2, 0.25) is 0 Å². The number of aliphatic imine (C=N–C) groups is 1. The molecule has 0 spiro atoms. The number of hydrogen-bond donors (Lipinski definition) is 2. The van der Waals surface area contributed by atoms with Gasteiger partial charge in [-0.15, -0.1) is 0 Å². The Balaban J connectivity index is 2.59. The number of nitrogens with zero attached hydrogens (tertiary/aromatic N) is 1. The van der Waals surface area contributed by atoms with Gasteiger partial charge in [0, 0.05) is 37.5 Å². The van der Waals surface area contributed by atoms with Crippen molar-refractivity contribution >= 4 is 17.7 Å². The lowest BCUT2D eigenvalue weighted by Crippen LogP contribution is -2.38. The summed E-state index contributed by atoms with van der Waals surface area (Å²) < 4.78 is 10.6. The van der Waals surface area contributed by atoms with E-state index in [9.17, 15) is 0 Å². The SMILES string of the molecule is CN=C(NCCSC)NCc1ccc(OC)cc1OC. The summed E-state index contributed by atoms with van der Waals surface area (Å²) in [5.74, 6) is 3.42. The molecule has 0 aliphatic heterocycles. The van der Waals surface area contributed by atoms with Crippen LogP contribution in [0.1, 0.15) is 5.56 Å². The van der Waals surface area contributed by atoms with E-state index in [-0.39, 0.29) is 0 Å². The van der Waals surface area contributed by atoms with Crippen molar-refractivity contribution in [1.82, 2.24) is 10.6 Å². The van der Waals surface area contributed by atoms with Gasteiger partial charge >= 0.3 is 0 Å². The number of methoxy groups -OCH3 is 2. The van der Waals surface area contributed by atoms with Gasteiger partial charge in [-0.1, -0.05) is 0 Å². The van der Waals surface area contributed by atoms with Gasteiger partial charge in [0.15, 0.2) is 5.96 Å². The molecule has 5 nitrogen and oxygen atoms in total. The van der Waals surface area contributed by atoms with E-state index in [1.807, 2.05) is 18.2 Å². The zero-order chi connectivity index (χ0) is 14.8. The van der Waals surface area contributed by atoms with Gasteiger partial charge in [0.05, 0.1) is 14.2 Å². The van der Waals surface area contributed by atoms with Crippen LogP contribution in [-0.4, -0.2) is 45.8 Å². The van der Waals surface area contributed by atoms with Gasteiger partial charge in [-0.05, 0) is 18.4 Å². The molecule has 1 rings (SSSR count). The fourth-order valence-corrected chi connectivity index (χ4v) is 1.98. The summed E-state index contributed by atoms with van der Waals surface area (Å²) in [7, 11) is 5.06. The minimum absolute atomic E-state index is 0.645. The Kier molecular flexibility index (Phi) is 7.72. The van der Waals surface area contributed by atoms with Crippen molar-refractivity contribution in [2.75, 3.05) is 39.8 Å². The van der Waals surface area contributed by atoms with Gasteiger partial charge in [-0.25, -0.2) is 0 Å². The Labute approximate surface area is 125 Å². The number of hydrogen-bond acceptors (Lipinski definition) is 4. The van der Waals surface area contributed by atoms with Gasteiger partial charge in [-0.3, -0.25) is 4.99 Å². The van der Waals surface area contributed by atoms with Crippen molar-refractivity contribution < 1.29 is 9.47 Å². The highest BCUT2D eigenvalue weighted by molar-refractivity contribution is 7.98. The molecule has 0 saturated heterocycles. The first-order valence-corrected chi connectivity index (χ1v) is 7.79. The zero-order valence-electron chi connectivity index (χ0n) is 12.5. The molecular formula is C14H23N3O2S. The van der Waals surface area contributed by atoms with Gasteiger partial charge < -0.3 is 20.1 Å². The Morgan fingerprint density at radius 3 is 2.65 bits per heavy atom. The van der Waals surface area contributed by atoms with E-state index < -0.39 is 0 Å². The second-order valence-corrected chi connectivity index (χ2v) is 5.01. The molecule has 6 heteroatoms. The van der Waals surface area contributed by atoms with Crippen molar-refractivity contribution in [3.8, 4) is 11.5 Å². The summed E-state index contributed by atoms with van der Waals surface area (Å²) in [5, 5.41) is 6.52. The van der Waals surface area contributed by atoms with Crippen LogP contribution in [-0.2, 0) is 6.54 Å². The van der Waals surface area contributed by atoms with E-state index in [4.69, 9.17) is 9.47 Å². The summed E-state index contributed by atoms with van der Waals surface area (Å²) in [6.07, 6.45) is 2.08. The smallest absolute Gasteiger partial charge is 0.191 e. The van der Waals surface area contributed by atoms with E-state index in [1.54, 1.807) is 33.0 Å². The molecular weight excluding hydrogens is 274 g/mol. The number of rotatable bonds is 7. The Hall–Kier alpha value is -1.56. The lowest BCUT2D eigenvalue weighted by Gasteiger charge is -2.14. The van der Waals surface area contributed by atoms with Gasteiger partial charge in [0.25, 0.3) is 0 Å². The van der Waals surface area contributed by atoms with E-state index in [1.165, 1.54) is 0 Å². The molecule has 0 unspecified atom stereocenters. The molecule has 0 aliphatic carbocycles. The number of benzene rings is 1. The van der Waals surface area contributed by atoms with E-state index >= 15 is 0 Å². The lowest BCUT2D eigenvalue weighted by atomic mass is 10.2. The standard InChI is InChI=1S/C14H23N3O2S/c1-15-14(16-7-8-20-4)17-10-11-5-6-12(18-2)9-13(11)19-3/h5-6,9H,7-8,10H2,1-4H3,(H2,15,16,17). The molecule has 0 fully saturated rings.